The third-order valence-corrected chi connectivity index (χ3v) is 2.42. The maximum atomic E-state index is 11.5. The van der Waals surface area contributed by atoms with Crippen LogP contribution in [0.1, 0.15) is 12.8 Å². The highest BCUT2D eigenvalue weighted by molar-refractivity contribution is 5.79. The van der Waals surface area contributed by atoms with Gasteiger partial charge in [-0.15, -0.1) is 6.58 Å². The van der Waals surface area contributed by atoms with Crippen LogP contribution in [0.2, 0.25) is 0 Å². The van der Waals surface area contributed by atoms with E-state index in [1.807, 2.05) is 0 Å². The van der Waals surface area contributed by atoms with E-state index in [9.17, 15) is 4.79 Å². The fraction of sp³-hybridized carbons (Fsp3) is 0.700. The van der Waals surface area contributed by atoms with Crippen LogP contribution >= 0.6 is 0 Å². The van der Waals surface area contributed by atoms with Crippen molar-refractivity contribution < 1.29 is 4.79 Å². The Morgan fingerprint density at radius 3 is 3.15 bits per heavy atom. The zero-order valence-corrected chi connectivity index (χ0v) is 8.25. The van der Waals surface area contributed by atoms with Crippen molar-refractivity contribution in [1.82, 2.24) is 10.2 Å². The number of carbonyl (C=O) groups is 1. The highest BCUT2D eigenvalue weighted by Crippen LogP contribution is 2.14. The molecular formula is C10H18N2O. The Bertz CT molecular complexity index is 191. The molecule has 0 spiro atoms. The van der Waals surface area contributed by atoms with Gasteiger partial charge in [0.25, 0.3) is 0 Å². The highest BCUT2D eigenvalue weighted by atomic mass is 16.1. The molecule has 1 amide bonds. The second-order valence-electron chi connectivity index (χ2n) is 3.64. The van der Waals surface area contributed by atoms with Crippen molar-refractivity contribution in [3.05, 3.63) is 12.7 Å². The predicted octanol–water partition coefficient (Wildman–Crippen LogP) is 0.630. The molecule has 1 fully saturated rings. The van der Waals surface area contributed by atoms with Gasteiger partial charge in [-0.3, -0.25) is 4.79 Å². The molecular weight excluding hydrogens is 164 g/mol. The molecule has 0 aromatic rings. The number of carbonyl (C=O) groups excluding carboxylic acids is 1. The number of hydrogen-bond donors (Lipinski definition) is 1. The van der Waals surface area contributed by atoms with Crippen molar-refractivity contribution in [2.75, 3.05) is 26.7 Å². The van der Waals surface area contributed by atoms with E-state index in [0.29, 0.717) is 6.54 Å². The van der Waals surface area contributed by atoms with Crippen LogP contribution < -0.4 is 5.32 Å². The first-order chi connectivity index (χ1) is 6.24. The largest absolute Gasteiger partial charge is 0.352 e. The summed E-state index contributed by atoms with van der Waals surface area (Å²) < 4.78 is 0. The fourth-order valence-corrected chi connectivity index (χ4v) is 1.70. The third-order valence-electron chi connectivity index (χ3n) is 2.42. The number of piperidine rings is 1. The lowest BCUT2D eigenvalue weighted by molar-refractivity contribution is -0.126. The Hall–Kier alpha value is -0.830. The van der Waals surface area contributed by atoms with Crippen molar-refractivity contribution >= 4 is 5.91 Å². The lowest BCUT2D eigenvalue weighted by atomic mass is 9.98. The van der Waals surface area contributed by atoms with Crippen LogP contribution in [0, 0.1) is 5.92 Å². The quantitative estimate of drug-likeness (QED) is 0.649. The van der Waals surface area contributed by atoms with Crippen LogP contribution in [0.15, 0.2) is 12.7 Å². The second-order valence-corrected chi connectivity index (χ2v) is 3.64. The summed E-state index contributed by atoms with van der Waals surface area (Å²) in [7, 11) is 2.06. The Morgan fingerprint density at radius 2 is 2.54 bits per heavy atom. The van der Waals surface area contributed by atoms with E-state index >= 15 is 0 Å². The van der Waals surface area contributed by atoms with Crippen molar-refractivity contribution in [3.8, 4) is 0 Å². The average molecular weight is 182 g/mol. The maximum absolute atomic E-state index is 11.5. The fourth-order valence-electron chi connectivity index (χ4n) is 1.70. The van der Waals surface area contributed by atoms with Gasteiger partial charge in [-0.25, -0.2) is 0 Å². The molecule has 0 unspecified atom stereocenters. The van der Waals surface area contributed by atoms with E-state index in [-0.39, 0.29) is 11.8 Å². The summed E-state index contributed by atoms with van der Waals surface area (Å²) in [5.41, 5.74) is 0. The van der Waals surface area contributed by atoms with Gasteiger partial charge < -0.3 is 10.2 Å². The van der Waals surface area contributed by atoms with Crippen molar-refractivity contribution in [2.24, 2.45) is 5.92 Å². The number of nitrogens with one attached hydrogen (secondary N) is 1. The minimum atomic E-state index is 0.173. The minimum absolute atomic E-state index is 0.173. The van der Waals surface area contributed by atoms with E-state index in [1.54, 1.807) is 6.08 Å². The number of hydrogen-bond acceptors (Lipinski definition) is 2. The van der Waals surface area contributed by atoms with Crippen LogP contribution in [0.4, 0.5) is 0 Å². The summed E-state index contributed by atoms with van der Waals surface area (Å²) in [5, 5.41) is 2.84. The number of amides is 1. The van der Waals surface area contributed by atoms with Gasteiger partial charge in [-0.05, 0) is 26.4 Å². The van der Waals surface area contributed by atoms with Gasteiger partial charge in [0.2, 0.25) is 5.91 Å². The molecule has 1 saturated heterocycles. The molecule has 1 atom stereocenters. The third kappa shape index (κ3) is 3.19. The lowest BCUT2D eigenvalue weighted by Crippen LogP contribution is -2.41. The Kier molecular flexibility index (Phi) is 3.96. The van der Waals surface area contributed by atoms with Gasteiger partial charge in [0.15, 0.2) is 0 Å². The van der Waals surface area contributed by atoms with Gasteiger partial charge in [0, 0.05) is 13.1 Å². The first kappa shape index (κ1) is 10.3. The van der Waals surface area contributed by atoms with Gasteiger partial charge in [-0.1, -0.05) is 6.08 Å². The Balaban J connectivity index is 2.32. The van der Waals surface area contributed by atoms with Crippen molar-refractivity contribution in [3.63, 3.8) is 0 Å². The number of likely N-dealkylation sites (tertiary alicyclic amines) is 1. The van der Waals surface area contributed by atoms with Gasteiger partial charge in [0.1, 0.15) is 0 Å². The summed E-state index contributed by atoms with van der Waals surface area (Å²) in [4.78, 5) is 13.7. The molecule has 1 aliphatic rings. The molecule has 0 bridgehead atoms. The second kappa shape index (κ2) is 5.02. The monoisotopic (exact) mass is 182 g/mol. The van der Waals surface area contributed by atoms with Crippen molar-refractivity contribution in [2.45, 2.75) is 12.8 Å². The lowest BCUT2D eigenvalue weighted by Gasteiger charge is -2.28. The zero-order chi connectivity index (χ0) is 9.68. The molecule has 0 aromatic carbocycles. The molecule has 74 valence electrons. The van der Waals surface area contributed by atoms with E-state index < -0.39 is 0 Å². The van der Waals surface area contributed by atoms with Gasteiger partial charge in [-0.2, -0.15) is 0 Å². The SMILES string of the molecule is C=CCNC(=O)[C@H]1CCCN(C)C1. The smallest absolute Gasteiger partial charge is 0.224 e. The molecule has 0 saturated carbocycles. The van der Waals surface area contributed by atoms with Gasteiger partial charge in [0.05, 0.1) is 5.92 Å². The van der Waals surface area contributed by atoms with Crippen LogP contribution in [-0.4, -0.2) is 37.5 Å². The summed E-state index contributed by atoms with van der Waals surface area (Å²) in [6, 6.07) is 0. The molecule has 0 aliphatic carbocycles. The summed E-state index contributed by atoms with van der Waals surface area (Å²) in [5.74, 6) is 0.352. The summed E-state index contributed by atoms with van der Waals surface area (Å²) in [6.07, 6.45) is 3.86. The normalized spacial score (nSPS) is 23.9. The van der Waals surface area contributed by atoms with E-state index in [0.717, 1.165) is 25.9 Å². The first-order valence-corrected chi connectivity index (χ1v) is 4.81. The molecule has 1 N–H and O–H groups in total. The molecule has 3 nitrogen and oxygen atoms in total. The minimum Gasteiger partial charge on any atom is -0.352 e. The summed E-state index contributed by atoms with van der Waals surface area (Å²) in [6.45, 7) is 6.16. The van der Waals surface area contributed by atoms with E-state index in [2.05, 4.69) is 23.8 Å². The molecule has 3 heteroatoms. The molecule has 1 heterocycles. The summed E-state index contributed by atoms with van der Waals surface area (Å²) >= 11 is 0. The molecule has 13 heavy (non-hydrogen) atoms. The van der Waals surface area contributed by atoms with Crippen LogP contribution in [0.25, 0.3) is 0 Å². The highest BCUT2D eigenvalue weighted by Gasteiger charge is 2.22. The van der Waals surface area contributed by atoms with Gasteiger partial charge >= 0.3 is 0 Å². The van der Waals surface area contributed by atoms with Crippen LogP contribution in [-0.2, 0) is 4.79 Å². The van der Waals surface area contributed by atoms with Crippen LogP contribution in [0.5, 0.6) is 0 Å². The van der Waals surface area contributed by atoms with E-state index in [4.69, 9.17) is 0 Å². The number of nitrogens with zero attached hydrogens (tertiary/aromatic N) is 1. The molecule has 0 radical (unpaired) electrons. The average Bonchev–Trinajstić information content (AvgIpc) is 2.14. The van der Waals surface area contributed by atoms with Crippen molar-refractivity contribution in [1.29, 1.82) is 0 Å². The first-order valence-electron chi connectivity index (χ1n) is 4.81. The Morgan fingerprint density at radius 1 is 1.77 bits per heavy atom. The topological polar surface area (TPSA) is 32.3 Å². The van der Waals surface area contributed by atoms with E-state index in [1.165, 1.54) is 0 Å². The predicted molar refractivity (Wildman–Crippen MR) is 53.4 cm³/mol. The zero-order valence-electron chi connectivity index (χ0n) is 8.25. The molecule has 0 aromatic heterocycles. The standard InChI is InChI=1S/C10H18N2O/c1-3-6-11-10(13)9-5-4-7-12(2)8-9/h3,9H,1,4-8H2,2H3,(H,11,13)/t9-/m0/s1. The Labute approximate surface area is 79.8 Å². The van der Waals surface area contributed by atoms with Crippen LogP contribution in [0.3, 0.4) is 0 Å². The number of rotatable bonds is 3. The molecule has 1 aliphatic heterocycles. The maximum Gasteiger partial charge on any atom is 0.224 e. The molecule has 1 rings (SSSR count).